The molecule has 0 unspecified atom stereocenters. The minimum Gasteiger partial charge on any atom is -0.397 e. The fourth-order valence-electron chi connectivity index (χ4n) is 1.89. The first-order valence-corrected chi connectivity index (χ1v) is 6.67. The van der Waals surface area contributed by atoms with E-state index in [2.05, 4.69) is 10.3 Å². The summed E-state index contributed by atoms with van der Waals surface area (Å²) in [6.07, 6.45) is 0. The Hall–Kier alpha value is -2.14. The Morgan fingerprint density at radius 1 is 1.26 bits per heavy atom. The van der Waals surface area contributed by atoms with E-state index in [0.717, 1.165) is 15.9 Å². The van der Waals surface area contributed by atoms with E-state index in [-0.39, 0.29) is 5.82 Å². The van der Waals surface area contributed by atoms with Crippen LogP contribution in [0.5, 0.6) is 0 Å². The maximum absolute atomic E-state index is 13.4. The summed E-state index contributed by atoms with van der Waals surface area (Å²) in [7, 11) is 0. The third-order valence-electron chi connectivity index (χ3n) is 2.94. The molecule has 3 rings (SSSR count). The van der Waals surface area contributed by atoms with Crippen LogP contribution in [0.3, 0.4) is 0 Å². The summed E-state index contributed by atoms with van der Waals surface area (Å²) >= 11 is 1.58. The van der Waals surface area contributed by atoms with Gasteiger partial charge in [-0.05, 0) is 42.8 Å². The summed E-state index contributed by atoms with van der Waals surface area (Å²) in [6, 6.07) is 8.93. The highest BCUT2D eigenvalue weighted by Crippen LogP contribution is 2.28. The zero-order chi connectivity index (χ0) is 13.4. The van der Waals surface area contributed by atoms with Crippen molar-refractivity contribution in [1.29, 1.82) is 0 Å². The van der Waals surface area contributed by atoms with E-state index in [0.29, 0.717) is 16.9 Å². The Labute approximate surface area is 113 Å². The van der Waals surface area contributed by atoms with E-state index < -0.39 is 0 Å². The van der Waals surface area contributed by atoms with Gasteiger partial charge in [-0.2, -0.15) is 0 Å². The summed E-state index contributed by atoms with van der Waals surface area (Å²) < 4.78 is 14.5. The van der Waals surface area contributed by atoms with E-state index in [1.54, 1.807) is 24.3 Å². The molecule has 0 aliphatic rings. The molecule has 0 amide bonds. The second-order valence-corrected chi connectivity index (χ2v) is 5.23. The minimum absolute atomic E-state index is 0.291. The van der Waals surface area contributed by atoms with Gasteiger partial charge in [0.15, 0.2) is 0 Å². The Morgan fingerprint density at radius 2 is 2.11 bits per heavy atom. The zero-order valence-electron chi connectivity index (χ0n) is 10.3. The number of nitrogens with two attached hydrogens (primary N) is 1. The fraction of sp³-hybridized carbons (Fsp3) is 0.0714. The lowest BCUT2D eigenvalue weighted by atomic mass is 10.1. The molecule has 19 heavy (non-hydrogen) atoms. The molecular formula is C14H12FN3S. The van der Waals surface area contributed by atoms with Crippen molar-refractivity contribution in [2.24, 2.45) is 0 Å². The molecule has 0 aliphatic heterocycles. The number of halogens is 1. The summed E-state index contributed by atoms with van der Waals surface area (Å²) in [5.74, 6) is -0.291. The molecule has 1 aromatic heterocycles. The van der Waals surface area contributed by atoms with Gasteiger partial charge in [-0.15, -0.1) is 11.3 Å². The molecule has 0 radical (unpaired) electrons. The number of nitrogens with zero attached hydrogens (tertiary/aromatic N) is 1. The smallest absolute Gasteiger partial charge is 0.128 e. The van der Waals surface area contributed by atoms with Gasteiger partial charge in [0, 0.05) is 5.69 Å². The van der Waals surface area contributed by atoms with E-state index >= 15 is 0 Å². The molecule has 0 bridgehead atoms. The molecule has 0 spiro atoms. The van der Waals surface area contributed by atoms with Crippen LogP contribution in [0.1, 0.15) is 5.56 Å². The maximum atomic E-state index is 13.4. The number of benzene rings is 2. The topological polar surface area (TPSA) is 50.9 Å². The van der Waals surface area contributed by atoms with Crippen molar-refractivity contribution in [2.75, 3.05) is 11.1 Å². The number of fused-ring (bicyclic) bond motifs is 1. The lowest BCUT2D eigenvalue weighted by Gasteiger charge is -2.11. The maximum Gasteiger partial charge on any atom is 0.128 e. The van der Waals surface area contributed by atoms with Crippen LogP contribution in [0.2, 0.25) is 0 Å². The Kier molecular flexibility index (Phi) is 2.83. The van der Waals surface area contributed by atoms with Crippen molar-refractivity contribution in [2.45, 2.75) is 6.92 Å². The van der Waals surface area contributed by atoms with Gasteiger partial charge in [-0.25, -0.2) is 9.37 Å². The van der Waals surface area contributed by atoms with Gasteiger partial charge < -0.3 is 11.1 Å². The third kappa shape index (κ3) is 2.24. The quantitative estimate of drug-likeness (QED) is 0.692. The van der Waals surface area contributed by atoms with Gasteiger partial charge in [0.05, 0.1) is 27.1 Å². The highest BCUT2D eigenvalue weighted by atomic mass is 32.1. The second kappa shape index (κ2) is 4.51. The normalized spacial score (nSPS) is 10.8. The van der Waals surface area contributed by atoms with Crippen LogP contribution >= 0.6 is 11.3 Å². The second-order valence-electron chi connectivity index (χ2n) is 4.35. The van der Waals surface area contributed by atoms with Crippen molar-refractivity contribution in [3.63, 3.8) is 0 Å². The number of nitrogen functional groups attached to an aromatic ring is 1. The average molecular weight is 273 g/mol. The fourth-order valence-corrected chi connectivity index (χ4v) is 2.61. The first-order chi connectivity index (χ1) is 9.13. The van der Waals surface area contributed by atoms with Gasteiger partial charge in [0.25, 0.3) is 0 Å². The predicted octanol–water partition coefficient (Wildman–Crippen LogP) is 4.07. The van der Waals surface area contributed by atoms with Gasteiger partial charge in [-0.3, -0.25) is 0 Å². The van der Waals surface area contributed by atoms with E-state index in [1.807, 2.05) is 23.7 Å². The molecule has 0 aliphatic carbocycles. The van der Waals surface area contributed by atoms with E-state index in [9.17, 15) is 4.39 Å². The molecule has 3 nitrogen and oxygen atoms in total. The summed E-state index contributed by atoms with van der Waals surface area (Å²) in [5, 5.41) is 3.21. The SMILES string of the molecule is Cc1cc(Nc2ccc3ncsc3c2)c(N)cc1F. The van der Waals surface area contributed by atoms with Crippen molar-refractivity contribution < 1.29 is 4.39 Å². The Bertz CT molecular complexity index is 752. The Morgan fingerprint density at radius 3 is 2.95 bits per heavy atom. The largest absolute Gasteiger partial charge is 0.397 e. The molecule has 1 heterocycles. The molecule has 0 fully saturated rings. The molecule has 5 heteroatoms. The molecule has 0 saturated heterocycles. The van der Waals surface area contributed by atoms with Gasteiger partial charge in [0.2, 0.25) is 0 Å². The van der Waals surface area contributed by atoms with Crippen molar-refractivity contribution in [3.05, 3.63) is 47.2 Å². The van der Waals surface area contributed by atoms with Crippen LogP contribution in [-0.4, -0.2) is 4.98 Å². The predicted molar refractivity (Wildman–Crippen MR) is 78.5 cm³/mol. The average Bonchev–Trinajstić information content (AvgIpc) is 2.83. The van der Waals surface area contributed by atoms with Gasteiger partial charge in [0.1, 0.15) is 5.82 Å². The lowest BCUT2D eigenvalue weighted by molar-refractivity contribution is 0.619. The van der Waals surface area contributed by atoms with E-state index in [1.165, 1.54) is 6.07 Å². The summed E-state index contributed by atoms with van der Waals surface area (Å²) in [4.78, 5) is 4.23. The summed E-state index contributed by atoms with van der Waals surface area (Å²) in [5.41, 5.74) is 11.2. The van der Waals surface area contributed by atoms with E-state index in [4.69, 9.17) is 5.73 Å². The molecule has 96 valence electrons. The molecule has 2 aromatic carbocycles. The molecule has 3 N–H and O–H groups in total. The Balaban J connectivity index is 1.98. The zero-order valence-corrected chi connectivity index (χ0v) is 11.1. The van der Waals surface area contributed by atoms with Crippen LogP contribution in [0.4, 0.5) is 21.5 Å². The number of hydrogen-bond acceptors (Lipinski definition) is 4. The van der Waals surface area contributed by atoms with Crippen LogP contribution in [0.25, 0.3) is 10.2 Å². The lowest BCUT2D eigenvalue weighted by Crippen LogP contribution is -1.98. The van der Waals surface area contributed by atoms with Gasteiger partial charge >= 0.3 is 0 Å². The number of aryl methyl sites for hydroxylation is 1. The van der Waals surface area contributed by atoms with Crippen molar-refractivity contribution in [3.8, 4) is 0 Å². The highest BCUT2D eigenvalue weighted by Gasteiger charge is 2.06. The third-order valence-corrected chi connectivity index (χ3v) is 3.73. The number of thiazole rings is 1. The molecular weight excluding hydrogens is 261 g/mol. The first-order valence-electron chi connectivity index (χ1n) is 5.79. The van der Waals surface area contributed by atoms with Crippen molar-refractivity contribution >= 4 is 38.6 Å². The van der Waals surface area contributed by atoms with Crippen molar-refractivity contribution in [1.82, 2.24) is 4.98 Å². The van der Waals surface area contributed by atoms with Gasteiger partial charge in [-0.1, -0.05) is 0 Å². The monoisotopic (exact) mass is 273 g/mol. The summed E-state index contributed by atoms with van der Waals surface area (Å²) in [6.45, 7) is 1.71. The number of anilines is 3. The molecule has 0 atom stereocenters. The number of hydrogen-bond donors (Lipinski definition) is 2. The van der Waals surface area contributed by atoms with Crippen LogP contribution in [0, 0.1) is 12.7 Å². The first kappa shape index (κ1) is 11.9. The van der Waals surface area contributed by atoms with Crippen LogP contribution < -0.4 is 11.1 Å². The standard InChI is InChI=1S/C14H12FN3S/c1-8-4-13(11(16)6-10(8)15)18-9-2-3-12-14(5-9)19-7-17-12/h2-7,18H,16H2,1H3. The highest BCUT2D eigenvalue weighted by molar-refractivity contribution is 7.16. The minimum atomic E-state index is -0.291. The molecule has 3 aromatic rings. The van der Waals surface area contributed by atoms with Crippen LogP contribution in [0.15, 0.2) is 35.8 Å². The van der Waals surface area contributed by atoms with Crippen LogP contribution in [-0.2, 0) is 0 Å². The molecule has 0 saturated carbocycles. The number of rotatable bonds is 2. The number of aromatic nitrogens is 1. The number of nitrogens with one attached hydrogen (secondary N) is 1.